The summed E-state index contributed by atoms with van der Waals surface area (Å²) in [6, 6.07) is 13.6. The minimum Gasteiger partial charge on any atom is -0.342 e. The first-order chi connectivity index (χ1) is 9.59. The highest BCUT2D eigenvalue weighted by molar-refractivity contribution is 5.95. The van der Waals surface area contributed by atoms with Crippen LogP contribution < -0.4 is 4.90 Å². The topological polar surface area (TPSA) is 25.2 Å². The Kier molecular flexibility index (Phi) is 4.61. The average Bonchev–Trinajstić information content (AvgIpc) is 2.98. The van der Waals surface area contributed by atoms with E-state index in [2.05, 4.69) is 13.8 Å². The molecule has 0 spiro atoms. The van der Waals surface area contributed by atoms with Crippen LogP contribution in [0.15, 0.2) is 54.9 Å². The number of nitrogens with zero attached hydrogens (tertiary/aromatic N) is 2. The summed E-state index contributed by atoms with van der Waals surface area (Å²) in [5, 5.41) is 0. The molecule has 0 radical (unpaired) electrons. The van der Waals surface area contributed by atoms with Gasteiger partial charge in [-0.1, -0.05) is 32.0 Å². The summed E-state index contributed by atoms with van der Waals surface area (Å²) in [5.41, 5.74) is 0.929. The van der Waals surface area contributed by atoms with Gasteiger partial charge in [-0.05, 0) is 36.6 Å². The molecule has 0 saturated heterocycles. The van der Waals surface area contributed by atoms with Crippen molar-refractivity contribution in [1.29, 1.82) is 0 Å². The van der Waals surface area contributed by atoms with E-state index in [1.165, 1.54) is 0 Å². The van der Waals surface area contributed by atoms with Gasteiger partial charge in [-0.15, -0.1) is 0 Å². The number of hydrogen-bond donors (Lipinski definition) is 0. The Balaban J connectivity index is 2.23. The van der Waals surface area contributed by atoms with Gasteiger partial charge < -0.3 is 9.47 Å². The van der Waals surface area contributed by atoms with Gasteiger partial charge in [-0.2, -0.15) is 0 Å². The summed E-state index contributed by atoms with van der Waals surface area (Å²) in [5.74, 6) is 0.594. The van der Waals surface area contributed by atoms with Crippen LogP contribution in [0, 0.1) is 5.92 Å². The minimum absolute atomic E-state index is 0.126. The molecule has 0 unspecified atom stereocenters. The van der Waals surface area contributed by atoms with Gasteiger partial charge >= 0.3 is 0 Å². The highest BCUT2D eigenvalue weighted by Crippen LogP contribution is 2.23. The van der Waals surface area contributed by atoms with Gasteiger partial charge in [0.05, 0.1) is 0 Å². The van der Waals surface area contributed by atoms with E-state index in [1.54, 1.807) is 4.90 Å². The Labute approximate surface area is 120 Å². The quantitative estimate of drug-likeness (QED) is 0.812. The van der Waals surface area contributed by atoms with Crippen molar-refractivity contribution in [3.63, 3.8) is 0 Å². The molecule has 1 atom stereocenters. The number of rotatable bonds is 5. The first-order valence-corrected chi connectivity index (χ1v) is 7.04. The van der Waals surface area contributed by atoms with Gasteiger partial charge in [-0.25, -0.2) is 0 Å². The number of hydrogen-bond acceptors (Lipinski definition) is 1. The highest BCUT2D eigenvalue weighted by atomic mass is 16.2. The van der Waals surface area contributed by atoms with Crippen molar-refractivity contribution in [2.24, 2.45) is 5.92 Å². The van der Waals surface area contributed by atoms with Crippen LogP contribution in [0.25, 0.3) is 0 Å². The summed E-state index contributed by atoms with van der Waals surface area (Å²) in [4.78, 5) is 14.5. The number of benzene rings is 1. The first-order valence-electron chi connectivity index (χ1n) is 7.04. The lowest BCUT2D eigenvalue weighted by atomic mass is 10.0. The zero-order valence-electron chi connectivity index (χ0n) is 12.4. The number of carbonyl (C=O) groups excluding carboxylic acids is 1. The van der Waals surface area contributed by atoms with E-state index in [-0.39, 0.29) is 11.9 Å². The number of carbonyl (C=O) groups is 1. The number of para-hydroxylation sites is 1. The Hall–Kier alpha value is -2.03. The Morgan fingerprint density at radius 1 is 1.10 bits per heavy atom. The zero-order chi connectivity index (χ0) is 14.5. The number of anilines is 1. The third kappa shape index (κ3) is 3.29. The molecule has 1 amide bonds. The van der Waals surface area contributed by atoms with Crippen molar-refractivity contribution in [3.8, 4) is 0 Å². The van der Waals surface area contributed by atoms with Crippen molar-refractivity contribution < 1.29 is 4.79 Å². The lowest BCUT2D eigenvalue weighted by molar-refractivity contribution is -0.121. The van der Waals surface area contributed by atoms with Gasteiger partial charge in [-0.3, -0.25) is 4.79 Å². The van der Waals surface area contributed by atoms with Crippen molar-refractivity contribution >= 4 is 11.6 Å². The highest BCUT2D eigenvalue weighted by Gasteiger charge is 2.24. The van der Waals surface area contributed by atoms with Crippen LogP contribution in [-0.4, -0.2) is 17.5 Å². The number of amides is 1. The normalized spacial score (nSPS) is 12.4. The molecule has 1 aromatic heterocycles. The molecule has 1 aromatic carbocycles. The van der Waals surface area contributed by atoms with Crippen molar-refractivity contribution in [2.75, 3.05) is 11.9 Å². The van der Waals surface area contributed by atoms with Gasteiger partial charge in [0.1, 0.15) is 6.04 Å². The van der Waals surface area contributed by atoms with Crippen molar-refractivity contribution in [3.05, 3.63) is 54.9 Å². The standard InChI is InChI=1S/C17H22N2O/c1-14(2)13-16(19-11-7-8-12-19)17(20)18(3)15-9-5-4-6-10-15/h4-12,14,16H,13H2,1-3H3/t16-/m0/s1. The fourth-order valence-electron chi connectivity index (χ4n) is 2.35. The zero-order valence-corrected chi connectivity index (χ0v) is 12.4. The SMILES string of the molecule is CC(C)C[C@@H](C(=O)N(C)c1ccccc1)n1cccc1. The Morgan fingerprint density at radius 3 is 2.25 bits per heavy atom. The molecule has 0 aliphatic heterocycles. The lowest BCUT2D eigenvalue weighted by Crippen LogP contribution is -2.34. The number of aromatic nitrogens is 1. The van der Waals surface area contributed by atoms with Gasteiger partial charge in [0.2, 0.25) is 5.91 Å². The van der Waals surface area contributed by atoms with E-state index >= 15 is 0 Å². The molecule has 0 saturated carbocycles. The second kappa shape index (κ2) is 6.42. The monoisotopic (exact) mass is 270 g/mol. The minimum atomic E-state index is -0.143. The van der Waals surface area contributed by atoms with Crippen molar-refractivity contribution in [2.45, 2.75) is 26.3 Å². The lowest BCUT2D eigenvalue weighted by Gasteiger charge is -2.26. The molecular formula is C17H22N2O. The van der Waals surface area contributed by atoms with Crippen LogP contribution in [0.3, 0.4) is 0 Å². The molecule has 0 N–H and O–H groups in total. The Morgan fingerprint density at radius 2 is 1.70 bits per heavy atom. The van der Waals surface area contributed by atoms with E-state index in [1.807, 2.05) is 66.5 Å². The van der Waals surface area contributed by atoms with E-state index in [0.717, 1.165) is 12.1 Å². The van der Waals surface area contributed by atoms with E-state index in [4.69, 9.17) is 0 Å². The van der Waals surface area contributed by atoms with Crippen LogP contribution in [0.4, 0.5) is 5.69 Å². The molecule has 0 aliphatic rings. The maximum Gasteiger partial charge on any atom is 0.249 e. The van der Waals surface area contributed by atoms with Crippen LogP contribution in [-0.2, 0) is 4.79 Å². The summed E-state index contributed by atoms with van der Waals surface area (Å²) in [6.45, 7) is 4.29. The van der Waals surface area contributed by atoms with Crippen LogP contribution >= 0.6 is 0 Å². The predicted octanol–water partition coefficient (Wildman–Crippen LogP) is 3.74. The second-order valence-corrected chi connectivity index (χ2v) is 5.51. The Bertz CT molecular complexity index is 531. The third-order valence-electron chi connectivity index (χ3n) is 3.44. The smallest absolute Gasteiger partial charge is 0.249 e. The summed E-state index contributed by atoms with van der Waals surface area (Å²) in [7, 11) is 1.84. The molecular weight excluding hydrogens is 248 g/mol. The third-order valence-corrected chi connectivity index (χ3v) is 3.44. The summed E-state index contributed by atoms with van der Waals surface area (Å²) >= 11 is 0. The molecule has 20 heavy (non-hydrogen) atoms. The van der Waals surface area contributed by atoms with Gasteiger partial charge in [0, 0.05) is 25.1 Å². The predicted molar refractivity (Wildman–Crippen MR) is 82.8 cm³/mol. The molecule has 3 heteroatoms. The van der Waals surface area contributed by atoms with E-state index in [9.17, 15) is 4.79 Å². The van der Waals surface area contributed by atoms with E-state index in [0.29, 0.717) is 5.92 Å². The molecule has 3 nitrogen and oxygen atoms in total. The van der Waals surface area contributed by atoms with Crippen LogP contribution in [0.1, 0.15) is 26.3 Å². The number of likely N-dealkylation sites (N-methyl/N-ethyl adjacent to an activating group) is 1. The summed E-state index contributed by atoms with van der Waals surface area (Å²) < 4.78 is 2.00. The fourth-order valence-corrected chi connectivity index (χ4v) is 2.35. The average molecular weight is 270 g/mol. The maximum atomic E-state index is 12.8. The van der Waals surface area contributed by atoms with Crippen LogP contribution in [0.5, 0.6) is 0 Å². The molecule has 0 aliphatic carbocycles. The largest absolute Gasteiger partial charge is 0.342 e. The molecule has 1 heterocycles. The molecule has 2 aromatic rings. The second-order valence-electron chi connectivity index (χ2n) is 5.51. The molecule has 106 valence electrons. The van der Waals surface area contributed by atoms with Crippen molar-refractivity contribution in [1.82, 2.24) is 4.57 Å². The summed E-state index contributed by atoms with van der Waals surface area (Å²) in [6.07, 6.45) is 4.76. The molecule has 2 rings (SSSR count). The van der Waals surface area contributed by atoms with Crippen LogP contribution in [0.2, 0.25) is 0 Å². The molecule has 0 bridgehead atoms. The molecule has 0 fully saturated rings. The van der Waals surface area contributed by atoms with Gasteiger partial charge in [0.25, 0.3) is 0 Å². The van der Waals surface area contributed by atoms with Gasteiger partial charge in [0.15, 0.2) is 0 Å². The fraction of sp³-hybridized carbons (Fsp3) is 0.353. The maximum absolute atomic E-state index is 12.8. The van der Waals surface area contributed by atoms with E-state index < -0.39 is 0 Å². The first kappa shape index (κ1) is 14.4.